The summed E-state index contributed by atoms with van der Waals surface area (Å²) in [4.78, 5) is 24.3. The molecule has 160 valence electrons. The maximum absolute atomic E-state index is 12.8. The van der Waals surface area contributed by atoms with E-state index in [1.54, 1.807) is 15.7 Å². The molecule has 1 aromatic carbocycles. The molecule has 1 aromatic heterocycles. The van der Waals surface area contributed by atoms with Gasteiger partial charge in [-0.3, -0.25) is 19.6 Å². The molecule has 11 heteroatoms. The van der Waals surface area contributed by atoms with Gasteiger partial charge in [-0.25, -0.2) is 8.42 Å². The molecule has 2 aromatic rings. The molecule has 2 heterocycles. The molecule has 10 nitrogen and oxygen atoms in total. The number of aromatic nitrogens is 2. The van der Waals surface area contributed by atoms with Crippen molar-refractivity contribution in [2.24, 2.45) is 7.05 Å². The summed E-state index contributed by atoms with van der Waals surface area (Å²) in [5.41, 5.74) is 2.38. The van der Waals surface area contributed by atoms with Crippen LogP contribution < -0.4 is 0 Å². The first-order valence-electron chi connectivity index (χ1n) is 9.33. The summed E-state index contributed by atoms with van der Waals surface area (Å²) in [5, 5.41) is 15.2. The lowest BCUT2D eigenvalue weighted by atomic mass is 10.2. The Bertz CT molecular complexity index is 1110. The zero-order valence-corrected chi connectivity index (χ0v) is 17.8. The molecule has 0 unspecified atom stereocenters. The first-order chi connectivity index (χ1) is 14.1. The second-order valence-corrected chi connectivity index (χ2v) is 8.96. The van der Waals surface area contributed by atoms with Gasteiger partial charge in [-0.05, 0) is 26.0 Å². The number of sulfonamides is 1. The van der Waals surface area contributed by atoms with Crippen molar-refractivity contribution in [1.29, 1.82) is 0 Å². The summed E-state index contributed by atoms with van der Waals surface area (Å²) in [6, 6.07) is 4.97. The summed E-state index contributed by atoms with van der Waals surface area (Å²) in [5.74, 6) is -0.204. The van der Waals surface area contributed by atoms with E-state index in [-0.39, 0.29) is 42.7 Å². The molecule has 0 aliphatic carbocycles. The second-order valence-electron chi connectivity index (χ2n) is 7.03. The topological polar surface area (TPSA) is 119 Å². The molecular formula is C19H23N5O5S. The predicted molar refractivity (Wildman–Crippen MR) is 110 cm³/mol. The smallest absolute Gasteiger partial charge is 0.270 e. The SMILES string of the molecule is Cc1nn(C)c(C)c1C=CC(=O)N1CCN(S(=O)(=O)c2cccc([N+](=O)[O-])c2)CC1. The van der Waals surface area contributed by atoms with E-state index in [0.717, 1.165) is 23.0 Å². The minimum absolute atomic E-state index is 0.121. The molecule has 0 saturated carbocycles. The van der Waals surface area contributed by atoms with E-state index in [2.05, 4.69) is 5.10 Å². The molecule has 0 N–H and O–H groups in total. The average Bonchev–Trinajstić information content (AvgIpc) is 2.97. The number of rotatable bonds is 5. The molecular weight excluding hydrogens is 410 g/mol. The number of piperazine rings is 1. The van der Waals surface area contributed by atoms with Crippen molar-refractivity contribution in [3.8, 4) is 0 Å². The number of amides is 1. The van der Waals surface area contributed by atoms with E-state index in [4.69, 9.17) is 0 Å². The van der Waals surface area contributed by atoms with E-state index in [0.29, 0.717) is 0 Å². The van der Waals surface area contributed by atoms with Gasteiger partial charge < -0.3 is 4.90 Å². The molecule has 1 saturated heterocycles. The zero-order chi connectivity index (χ0) is 22.1. The van der Waals surface area contributed by atoms with Crippen LogP contribution in [0.4, 0.5) is 5.69 Å². The van der Waals surface area contributed by atoms with Crippen LogP contribution in [0.3, 0.4) is 0 Å². The quantitative estimate of drug-likeness (QED) is 0.400. The summed E-state index contributed by atoms with van der Waals surface area (Å²) in [6.45, 7) is 4.51. The van der Waals surface area contributed by atoms with Crippen LogP contribution in [0.5, 0.6) is 0 Å². The zero-order valence-electron chi connectivity index (χ0n) is 17.0. The van der Waals surface area contributed by atoms with Crippen LogP contribution in [-0.4, -0.2) is 64.4 Å². The Kier molecular flexibility index (Phi) is 6.04. The van der Waals surface area contributed by atoms with Crippen LogP contribution >= 0.6 is 0 Å². The fourth-order valence-corrected chi connectivity index (χ4v) is 4.81. The van der Waals surface area contributed by atoms with E-state index >= 15 is 0 Å². The number of nitro benzene ring substituents is 1. The van der Waals surface area contributed by atoms with Crippen molar-refractivity contribution in [1.82, 2.24) is 19.0 Å². The minimum atomic E-state index is -3.87. The van der Waals surface area contributed by atoms with Gasteiger partial charge >= 0.3 is 0 Å². The fourth-order valence-electron chi connectivity index (χ4n) is 3.35. The highest BCUT2D eigenvalue weighted by molar-refractivity contribution is 7.89. The highest BCUT2D eigenvalue weighted by Crippen LogP contribution is 2.22. The third-order valence-electron chi connectivity index (χ3n) is 5.17. The monoisotopic (exact) mass is 433 g/mol. The summed E-state index contributed by atoms with van der Waals surface area (Å²) in [6.07, 6.45) is 3.20. The fraction of sp³-hybridized carbons (Fsp3) is 0.368. The Morgan fingerprint density at radius 3 is 2.43 bits per heavy atom. The molecule has 30 heavy (non-hydrogen) atoms. The van der Waals surface area contributed by atoms with Crippen LogP contribution in [-0.2, 0) is 21.9 Å². The molecule has 1 fully saturated rings. The van der Waals surface area contributed by atoms with Crippen LogP contribution in [0, 0.1) is 24.0 Å². The van der Waals surface area contributed by atoms with Crippen molar-refractivity contribution in [2.75, 3.05) is 26.2 Å². The van der Waals surface area contributed by atoms with Gasteiger partial charge in [-0.15, -0.1) is 0 Å². The minimum Gasteiger partial charge on any atom is -0.337 e. The van der Waals surface area contributed by atoms with Gasteiger partial charge in [-0.2, -0.15) is 9.40 Å². The molecule has 3 rings (SSSR count). The van der Waals surface area contributed by atoms with Gasteiger partial charge in [0.1, 0.15) is 0 Å². The molecule has 0 spiro atoms. The lowest BCUT2D eigenvalue weighted by Gasteiger charge is -2.33. The maximum atomic E-state index is 12.8. The average molecular weight is 433 g/mol. The van der Waals surface area contributed by atoms with Crippen molar-refractivity contribution >= 4 is 27.7 Å². The van der Waals surface area contributed by atoms with Crippen LogP contribution in [0.25, 0.3) is 6.08 Å². The highest BCUT2D eigenvalue weighted by Gasteiger charge is 2.30. The van der Waals surface area contributed by atoms with Crippen LogP contribution in [0.15, 0.2) is 35.2 Å². The van der Waals surface area contributed by atoms with Crippen LogP contribution in [0.2, 0.25) is 0 Å². The Hall–Kier alpha value is -3.05. The maximum Gasteiger partial charge on any atom is 0.270 e. The number of nitrogens with zero attached hydrogens (tertiary/aromatic N) is 5. The Labute approximate surface area is 174 Å². The van der Waals surface area contributed by atoms with Crippen molar-refractivity contribution in [3.63, 3.8) is 0 Å². The normalized spacial score (nSPS) is 15.6. The number of carbonyl (C=O) groups excluding carboxylic acids is 1. The van der Waals surface area contributed by atoms with E-state index in [9.17, 15) is 23.3 Å². The third-order valence-corrected chi connectivity index (χ3v) is 7.07. The molecule has 1 aliphatic heterocycles. The van der Waals surface area contributed by atoms with E-state index in [1.165, 1.54) is 28.6 Å². The lowest BCUT2D eigenvalue weighted by Crippen LogP contribution is -2.50. The number of non-ortho nitro benzene ring substituents is 1. The third kappa shape index (κ3) is 4.26. The number of hydrogen-bond acceptors (Lipinski definition) is 6. The van der Waals surface area contributed by atoms with Gasteiger partial charge in [0.15, 0.2) is 0 Å². The first-order valence-corrected chi connectivity index (χ1v) is 10.8. The van der Waals surface area contributed by atoms with Crippen molar-refractivity contribution in [2.45, 2.75) is 18.7 Å². The van der Waals surface area contributed by atoms with Gasteiger partial charge in [0.25, 0.3) is 5.69 Å². The standard InChI is InChI=1S/C19H23N5O5S/c1-14-18(15(2)21(3)20-14)7-8-19(25)22-9-11-23(12-10-22)30(28,29)17-6-4-5-16(13-17)24(26)27/h4-8,13H,9-12H2,1-3H3. The van der Waals surface area contributed by atoms with E-state index < -0.39 is 14.9 Å². The van der Waals surface area contributed by atoms with Gasteiger partial charge in [-0.1, -0.05) is 6.07 Å². The first kappa shape index (κ1) is 21.7. The molecule has 0 atom stereocenters. The van der Waals surface area contributed by atoms with Gasteiger partial charge in [0.2, 0.25) is 15.9 Å². The summed E-state index contributed by atoms with van der Waals surface area (Å²) in [7, 11) is -2.03. The van der Waals surface area contributed by atoms with Crippen LogP contribution in [0.1, 0.15) is 17.0 Å². The number of carbonyl (C=O) groups is 1. The lowest BCUT2D eigenvalue weighted by molar-refractivity contribution is -0.385. The molecule has 1 amide bonds. The summed E-state index contributed by atoms with van der Waals surface area (Å²) >= 11 is 0. The number of hydrogen-bond donors (Lipinski definition) is 0. The highest BCUT2D eigenvalue weighted by atomic mass is 32.2. The Balaban J connectivity index is 1.66. The van der Waals surface area contributed by atoms with Gasteiger partial charge in [0.05, 0.1) is 15.5 Å². The Morgan fingerprint density at radius 2 is 1.87 bits per heavy atom. The molecule has 1 aliphatic rings. The molecule has 0 radical (unpaired) electrons. The largest absolute Gasteiger partial charge is 0.337 e. The van der Waals surface area contributed by atoms with Crippen molar-refractivity contribution in [3.05, 3.63) is 57.4 Å². The van der Waals surface area contributed by atoms with Crippen molar-refractivity contribution < 1.29 is 18.1 Å². The predicted octanol–water partition coefficient (Wildman–Crippen LogP) is 1.49. The molecule has 0 bridgehead atoms. The van der Waals surface area contributed by atoms with E-state index in [1.807, 2.05) is 20.9 Å². The second kappa shape index (κ2) is 8.36. The van der Waals surface area contributed by atoms with Gasteiger partial charge in [0, 0.05) is 62.7 Å². The Morgan fingerprint density at radius 1 is 1.20 bits per heavy atom. The number of nitro groups is 1. The number of benzene rings is 1. The summed E-state index contributed by atoms with van der Waals surface area (Å²) < 4.78 is 28.6. The number of aryl methyl sites for hydroxylation is 2.